The summed E-state index contributed by atoms with van der Waals surface area (Å²) < 4.78 is 0.969. The summed E-state index contributed by atoms with van der Waals surface area (Å²) in [5.74, 6) is -0.226. The van der Waals surface area contributed by atoms with Crippen LogP contribution in [0.4, 0.5) is 5.69 Å². The largest absolute Gasteiger partial charge is 0.507 e. The molecule has 5 nitrogen and oxygen atoms in total. The van der Waals surface area contributed by atoms with Crippen molar-refractivity contribution in [2.24, 2.45) is 5.10 Å². The van der Waals surface area contributed by atoms with Crippen LogP contribution in [0, 0.1) is 0 Å². The van der Waals surface area contributed by atoms with Gasteiger partial charge >= 0.3 is 0 Å². The molecule has 7 heteroatoms. The van der Waals surface area contributed by atoms with E-state index in [0.717, 1.165) is 10.2 Å². The molecular formula is C17H17BrClN3O2. The summed E-state index contributed by atoms with van der Waals surface area (Å²) in [5.41, 5.74) is 3.74. The molecule has 0 bridgehead atoms. The molecular weight excluding hydrogens is 394 g/mol. The molecule has 0 aromatic heterocycles. The third kappa shape index (κ3) is 5.25. The van der Waals surface area contributed by atoms with Crippen molar-refractivity contribution in [3.8, 4) is 5.75 Å². The van der Waals surface area contributed by atoms with Crippen molar-refractivity contribution in [1.82, 2.24) is 5.43 Å². The molecule has 1 amide bonds. The number of halogens is 2. The predicted octanol–water partition coefficient (Wildman–Crippen LogP) is 4.15. The fraction of sp³-hybridized carbons (Fsp3) is 0.176. The quantitative estimate of drug-likeness (QED) is 0.495. The normalized spacial score (nSPS) is 12.1. The molecule has 2 aromatic rings. The first kappa shape index (κ1) is 18.3. The molecule has 0 saturated carbocycles. The lowest BCUT2D eigenvalue weighted by Crippen LogP contribution is -2.36. The highest BCUT2D eigenvalue weighted by Crippen LogP contribution is 2.19. The second kappa shape index (κ2) is 8.70. The Kier molecular flexibility index (Phi) is 6.63. The highest BCUT2D eigenvalue weighted by Gasteiger charge is 2.15. The Bertz CT molecular complexity index is 735. The predicted molar refractivity (Wildman–Crippen MR) is 101 cm³/mol. The number of rotatable bonds is 6. The lowest BCUT2D eigenvalue weighted by Gasteiger charge is -2.16. The van der Waals surface area contributed by atoms with Gasteiger partial charge < -0.3 is 10.4 Å². The summed E-state index contributed by atoms with van der Waals surface area (Å²) in [4.78, 5) is 12.2. The van der Waals surface area contributed by atoms with Crippen molar-refractivity contribution in [3.05, 3.63) is 57.5 Å². The van der Waals surface area contributed by atoms with E-state index in [4.69, 9.17) is 11.6 Å². The standard InChI is InChI=1S/C17H17BrClN3O2/c1-2-15(21-14-6-3-12(18)4-7-14)17(24)22-20-10-11-9-13(19)5-8-16(11)23/h3-10,15,21,23H,2H2,1H3,(H,22,24)/b20-10-/t15-/m0/s1. The number of phenolic OH excluding ortho intramolecular Hbond substituents is 1. The molecule has 2 aromatic carbocycles. The molecule has 3 N–H and O–H groups in total. The number of nitrogens with one attached hydrogen (secondary N) is 2. The van der Waals surface area contributed by atoms with Crippen LogP contribution in [0.2, 0.25) is 5.02 Å². The number of hydrogen-bond donors (Lipinski definition) is 3. The number of phenols is 1. The van der Waals surface area contributed by atoms with Crippen molar-refractivity contribution in [1.29, 1.82) is 0 Å². The van der Waals surface area contributed by atoms with Crippen LogP contribution in [0.1, 0.15) is 18.9 Å². The van der Waals surface area contributed by atoms with Gasteiger partial charge in [-0.1, -0.05) is 34.5 Å². The minimum Gasteiger partial charge on any atom is -0.507 e. The van der Waals surface area contributed by atoms with Crippen LogP contribution in [-0.4, -0.2) is 23.3 Å². The van der Waals surface area contributed by atoms with Crippen molar-refractivity contribution in [2.45, 2.75) is 19.4 Å². The van der Waals surface area contributed by atoms with Gasteiger partial charge in [0.15, 0.2) is 0 Å². The molecule has 0 spiro atoms. The SMILES string of the molecule is CC[C@H](Nc1ccc(Br)cc1)C(=O)N/N=C\c1cc(Cl)ccc1O. The Hall–Kier alpha value is -2.05. The summed E-state index contributed by atoms with van der Waals surface area (Å²) in [6.45, 7) is 1.91. The summed E-state index contributed by atoms with van der Waals surface area (Å²) in [5, 5.41) is 17.2. The van der Waals surface area contributed by atoms with Crippen LogP contribution < -0.4 is 10.7 Å². The number of carbonyl (C=O) groups is 1. The molecule has 2 rings (SSSR count). The Labute approximate surface area is 153 Å². The van der Waals surface area contributed by atoms with E-state index < -0.39 is 6.04 Å². The molecule has 24 heavy (non-hydrogen) atoms. The number of benzene rings is 2. The maximum atomic E-state index is 12.2. The molecule has 1 atom stereocenters. The first-order valence-corrected chi connectivity index (χ1v) is 8.50. The topological polar surface area (TPSA) is 73.7 Å². The van der Waals surface area contributed by atoms with E-state index in [-0.39, 0.29) is 11.7 Å². The van der Waals surface area contributed by atoms with Crippen molar-refractivity contribution in [2.75, 3.05) is 5.32 Å². The lowest BCUT2D eigenvalue weighted by molar-refractivity contribution is -0.121. The maximum Gasteiger partial charge on any atom is 0.262 e. The van der Waals surface area contributed by atoms with E-state index >= 15 is 0 Å². The Morgan fingerprint density at radius 3 is 2.71 bits per heavy atom. The van der Waals surface area contributed by atoms with Gasteiger partial charge in [-0.25, -0.2) is 5.43 Å². The zero-order valence-corrected chi connectivity index (χ0v) is 15.3. The lowest BCUT2D eigenvalue weighted by atomic mass is 10.2. The van der Waals surface area contributed by atoms with Gasteiger partial charge in [0, 0.05) is 20.7 Å². The highest BCUT2D eigenvalue weighted by atomic mass is 79.9. The van der Waals surface area contributed by atoms with Gasteiger partial charge in [-0.05, 0) is 48.9 Å². The van der Waals surface area contributed by atoms with Gasteiger partial charge in [0.2, 0.25) is 0 Å². The number of hydrazone groups is 1. The molecule has 0 radical (unpaired) electrons. The molecule has 126 valence electrons. The number of anilines is 1. The van der Waals surface area contributed by atoms with Crippen LogP contribution >= 0.6 is 27.5 Å². The van der Waals surface area contributed by atoms with Crippen molar-refractivity contribution in [3.63, 3.8) is 0 Å². The van der Waals surface area contributed by atoms with Crippen LogP contribution in [0.3, 0.4) is 0 Å². The fourth-order valence-corrected chi connectivity index (χ4v) is 2.42. The fourth-order valence-electron chi connectivity index (χ4n) is 1.97. The van der Waals surface area contributed by atoms with Crippen LogP contribution in [0.25, 0.3) is 0 Å². The first-order chi connectivity index (χ1) is 11.5. The highest BCUT2D eigenvalue weighted by molar-refractivity contribution is 9.10. The monoisotopic (exact) mass is 409 g/mol. The second-order valence-electron chi connectivity index (χ2n) is 5.05. The van der Waals surface area contributed by atoms with Gasteiger partial charge in [0.05, 0.1) is 6.21 Å². The summed E-state index contributed by atoms with van der Waals surface area (Å²) in [7, 11) is 0. The Morgan fingerprint density at radius 2 is 2.04 bits per heavy atom. The molecule has 0 unspecified atom stereocenters. The second-order valence-corrected chi connectivity index (χ2v) is 6.40. The molecule has 0 saturated heterocycles. The third-order valence-corrected chi connectivity index (χ3v) is 4.04. The number of hydrogen-bond acceptors (Lipinski definition) is 4. The first-order valence-electron chi connectivity index (χ1n) is 7.33. The molecule has 0 aliphatic heterocycles. The van der Waals surface area contributed by atoms with E-state index in [2.05, 4.69) is 31.8 Å². The van der Waals surface area contributed by atoms with Gasteiger partial charge in [-0.2, -0.15) is 5.10 Å². The van der Waals surface area contributed by atoms with Gasteiger partial charge in [0.1, 0.15) is 11.8 Å². The van der Waals surface area contributed by atoms with Crippen LogP contribution in [0.15, 0.2) is 52.0 Å². The number of amides is 1. The van der Waals surface area contributed by atoms with Crippen LogP contribution in [-0.2, 0) is 4.79 Å². The summed E-state index contributed by atoms with van der Waals surface area (Å²) in [6, 6.07) is 11.7. The van der Waals surface area contributed by atoms with Crippen molar-refractivity contribution >= 4 is 45.3 Å². The van der Waals surface area contributed by atoms with Gasteiger partial charge in [0.25, 0.3) is 5.91 Å². The van der Waals surface area contributed by atoms with E-state index in [1.54, 1.807) is 12.1 Å². The average molecular weight is 411 g/mol. The zero-order chi connectivity index (χ0) is 17.5. The molecule has 0 aliphatic carbocycles. The molecule has 0 heterocycles. The van der Waals surface area contributed by atoms with E-state index in [0.29, 0.717) is 17.0 Å². The van der Waals surface area contributed by atoms with Crippen LogP contribution in [0.5, 0.6) is 5.75 Å². The average Bonchev–Trinajstić information content (AvgIpc) is 2.57. The summed E-state index contributed by atoms with van der Waals surface area (Å²) >= 11 is 9.23. The number of nitrogens with zero attached hydrogens (tertiary/aromatic N) is 1. The third-order valence-electron chi connectivity index (χ3n) is 3.28. The smallest absolute Gasteiger partial charge is 0.262 e. The Balaban J connectivity index is 1.97. The minimum atomic E-state index is -0.420. The van der Waals surface area contributed by atoms with Gasteiger partial charge in [-0.3, -0.25) is 4.79 Å². The van der Waals surface area contributed by atoms with Crippen molar-refractivity contribution < 1.29 is 9.90 Å². The summed E-state index contributed by atoms with van der Waals surface area (Å²) in [6.07, 6.45) is 1.95. The maximum absolute atomic E-state index is 12.2. The molecule has 0 aliphatic rings. The zero-order valence-electron chi connectivity index (χ0n) is 13.0. The number of carbonyl (C=O) groups excluding carboxylic acids is 1. The Morgan fingerprint density at radius 1 is 1.33 bits per heavy atom. The van der Waals surface area contributed by atoms with Gasteiger partial charge in [-0.15, -0.1) is 0 Å². The van der Waals surface area contributed by atoms with E-state index in [1.807, 2.05) is 31.2 Å². The minimum absolute atomic E-state index is 0.0393. The number of aromatic hydroxyl groups is 1. The van der Waals surface area contributed by atoms with E-state index in [1.165, 1.54) is 12.3 Å². The van der Waals surface area contributed by atoms with E-state index in [9.17, 15) is 9.90 Å². The molecule has 0 fully saturated rings.